The second-order valence-corrected chi connectivity index (χ2v) is 4.36. The number of nitrogens with zero attached hydrogens (tertiary/aromatic N) is 1. The van der Waals surface area contributed by atoms with E-state index in [2.05, 4.69) is 4.98 Å². The second-order valence-electron chi connectivity index (χ2n) is 4.36. The van der Waals surface area contributed by atoms with Gasteiger partial charge in [-0.2, -0.15) is 0 Å². The minimum atomic E-state index is -0.0855. The predicted octanol–water partition coefficient (Wildman–Crippen LogP) is 1.52. The zero-order valence-corrected chi connectivity index (χ0v) is 8.98. The highest BCUT2D eigenvalue weighted by molar-refractivity contribution is 5.14. The van der Waals surface area contributed by atoms with E-state index in [1.807, 2.05) is 24.5 Å². The van der Waals surface area contributed by atoms with Gasteiger partial charge in [-0.3, -0.25) is 4.98 Å². The summed E-state index contributed by atoms with van der Waals surface area (Å²) in [4.78, 5) is 4.01. The normalized spacial score (nSPS) is 27.3. The summed E-state index contributed by atoms with van der Waals surface area (Å²) < 4.78 is 5.44. The summed E-state index contributed by atoms with van der Waals surface area (Å²) in [6.07, 6.45) is 7.66. The van der Waals surface area contributed by atoms with Gasteiger partial charge in [0.1, 0.15) is 0 Å². The minimum absolute atomic E-state index is 0.0855. The molecule has 0 aromatic carbocycles. The molecular weight excluding hydrogens is 188 g/mol. The van der Waals surface area contributed by atoms with Crippen molar-refractivity contribution in [2.24, 2.45) is 5.73 Å². The number of aromatic nitrogens is 1. The summed E-state index contributed by atoms with van der Waals surface area (Å²) in [5.41, 5.74) is 7.58. The Morgan fingerprint density at radius 3 is 2.87 bits per heavy atom. The second kappa shape index (κ2) is 4.73. The Labute approximate surface area is 90.7 Å². The molecule has 0 radical (unpaired) electrons. The van der Waals surface area contributed by atoms with Gasteiger partial charge in [0.15, 0.2) is 0 Å². The van der Waals surface area contributed by atoms with E-state index in [-0.39, 0.29) is 5.54 Å². The lowest BCUT2D eigenvalue weighted by atomic mass is 9.85. The average Bonchev–Trinajstić information content (AvgIpc) is 2.45. The maximum atomic E-state index is 6.39. The molecule has 1 aliphatic heterocycles. The summed E-state index contributed by atoms with van der Waals surface area (Å²) in [6.45, 7) is 1.65. The molecule has 0 aliphatic carbocycles. The monoisotopic (exact) mass is 206 g/mol. The number of ether oxygens (including phenoxy) is 1. The van der Waals surface area contributed by atoms with Crippen LogP contribution in [0.15, 0.2) is 24.5 Å². The first kappa shape index (κ1) is 10.6. The van der Waals surface area contributed by atoms with Crippen molar-refractivity contribution in [1.82, 2.24) is 4.98 Å². The van der Waals surface area contributed by atoms with Gasteiger partial charge in [-0.1, -0.05) is 0 Å². The Balaban J connectivity index is 2.02. The van der Waals surface area contributed by atoms with Crippen molar-refractivity contribution in [3.63, 3.8) is 0 Å². The van der Waals surface area contributed by atoms with Gasteiger partial charge in [0.25, 0.3) is 0 Å². The van der Waals surface area contributed by atoms with Crippen LogP contribution in [0.2, 0.25) is 0 Å². The van der Waals surface area contributed by atoms with Crippen LogP contribution in [0.4, 0.5) is 0 Å². The van der Waals surface area contributed by atoms with Gasteiger partial charge in [-0.15, -0.1) is 0 Å². The highest BCUT2D eigenvalue weighted by Gasteiger charge is 2.26. The molecule has 1 aromatic rings. The molecule has 1 saturated heterocycles. The molecule has 0 amide bonds. The van der Waals surface area contributed by atoms with E-state index in [4.69, 9.17) is 10.5 Å². The smallest absolute Gasteiger partial charge is 0.0483 e. The summed E-state index contributed by atoms with van der Waals surface area (Å²) in [5, 5.41) is 0. The maximum absolute atomic E-state index is 6.39. The number of hydrogen-bond donors (Lipinski definition) is 1. The van der Waals surface area contributed by atoms with Crippen molar-refractivity contribution in [2.45, 2.75) is 31.2 Å². The van der Waals surface area contributed by atoms with Crippen molar-refractivity contribution in [3.8, 4) is 0 Å². The average molecular weight is 206 g/mol. The van der Waals surface area contributed by atoms with Gasteiger partial charge in [0.2, 0.25) is 0 Å². The molecule has 1 aromatic heterocycles. The fourth-order valence-corrected chi connectivity index (χ4v) is 2.11. The van der Waals surface area contributed by atoms with Gasteiger partial charge < -0.3 is 10.5 Å². The van der Waals surface area contributed by atoms with Crippen LogP contribution in [0.1, 0.15) is 24.8 Å². The van der Waals surface area contributed by atoms with Crippen LogP contribution in [-0.2, 0) is 11.2 Å². The van der Waals surface area contributed by atoms with Gasteiger partial charge in [-0.05, 0) is 43.4 Å². The predicted molar refractivity (Wildman–Crippen MR) is 59.5 cm³/mol. The van der Waals surface area contributed by atoms with Crippen molar-refractivity contribution in [1.29, 1.82) is 0 Å². The molecule has 0 spiro atoms. The first-order valence-corrected chi connectivity index (χ1v) is 5.54. The molecular formula is C12H18N2O. The Kier molecular flexibility index (Phi) is 3.34. The molecule has 2 N–H and O–H groups in total. The fraction of sp³-hybridized carbons (Fsp3) is 0.583. The van der Waals surface area contributed by atoms with Gasteiger partial charge in [0.05, 0.1) is 0 Å². The Morgan fingerprint density at radius 2 is 2.07 bits per heavy atom. The van der Waals surface area contributed by atoms with Crippen molar-refractivity contribution in [2.75, 3.05) is 13.2 Å². The number of hydrogen-bond acceptors (Lipinski definition) is 3. The standard InChI is InChI=1S/C12H18N2O/c13-12(4-1-8-15-9-5-12)10-11-2-6-14-7-3-11/h2-3,6-7H,1,4-5,8-10,13H2. The van der Waals surface area contributed by atoms with E-state index in [9.17, 15) is 0 Å². The van der Waals surface area contributed by atoms with E-state index in [0.29, 0.717) is 0 Å². The summed E-state index contributed by atoms with van der Waals surface area (Å²) in [5.74, 6) is 0. The van der Waals surface area contributed by atoms with Crippen molar-refractivity contribution >= 4 is 0 Å². The third kappa shape index (κ3) is 3.01. The molecule has 0 saturated carbocycles. The molecule has 3 nitrogen and oxygen atoms in total. The van der Waals surface area contributed by atoms with Crippen LogP contribution >= 0.6 is 0 Å². The summed E-state index contributed by atoms with van der Waals surface area (Å²) in [7, 11) is 0. The Morgan fingerprint density at radius 1 is 1.27 bits per heavy atom. The molecule has 1 unspecified atom stereocenters. The molecule has 0 bridgehead atoms. The highest BCUT2D eigenvalue weighted by atomic mass is 16.5. The van der Waals surface area contributed by atoms with Gasteiger partial charge in [-0.25, -0.2) is 0 Å². The lowest BCUT2D eigenvalue weighted by Crippen LogP contribution is -2.42. The third-order valence-electron chi connectivity index (χ3n) is 3.01. The molecule has 3 heteroatoms. The largest absolute Gasteiger partial charge is 0.381 e. The van der Waals surface area contributed by atoms with Crippen LogP contribution in [0.25, 0.3) is 0 Å². The third-order valence-corrected chi connectivity index (χ3v) is 3.01. The SMILES string of the molecule is NC1(Cc2ccncc2)CCCOCC1. The van der Waals surface area contributed by atoms with E-state index in [1.54, 1.807) is 0 Å². The Bertz CT molecular complexity index is 292. The van der Waals surface area contributed by atoms with Crippen LogP contribution in [0.3, 0.4) is 0 Å². The highest BCUT2D eigenvalue weighted by Crippen LogP contribution is 2.22. The number of rotatable bonds is 2. The molecule has 82 valence electrons. The van der Waals surface area contributed by atoms with Crippen LogP contribution < -0.4 is 5.73 Å². The first-order valence-electron chi connectivity index (χ1n) is 5.54. The van der Waals surface area contributed by atoms with Crippen molar-refractivity contribution in [3.05, 3.63) is 30.1 Å². The summed E-state index contributed by atoms with van der Waals surface area (Å²) >= 11 is 0. The molecule has 15 heavy (non-hydrogen) atoms. The lowest BCUT2D eigenvalue weighted by Gasteiger charge is -2.27. The summed E-state index contributed by atoms with van der Waals surface area (Å²) in [6, 6.07) is 4.08. The molecule has 1 fully saturated rings. The van der Waals surface area contributed by atoms with E-state index >= 15 is 0 Å². The van der Waals surface area contributed by atoms with E-state index < -0.39 is 0 Å². The number of nitrogens with two attached hydrogens (primary N) is 1. The van der Waals surface area contributed by atoms with Crippen LogP contribution in [0.5, 0.6) is 0 Å². The zero-order valence-electron chi connectivity index (χ0n) is 8.98. The number of pyridine rings is 1. The van der Waals surface area contributed by atoms with Crippen LogP contribution in [-0.4, -0.2) is 23.7 Å². The van der Waals surface area contributed by atoms with E-state index in [1.165, 1.54) is 5.56 Å². The van der Waals surface area contributed by atoms with Gasteiger partial charge >= 0.3 is 0 Å². The molecule has 1 atom stereocenters. The molecule has 1 aliphatic rings. The maximum Gasteiger partial charge on any atom is 0.0483 e. The minimum Gasteiger partial charge on any atom is -0.381 e. The van der Waals surface area contributed by atoms with E-state index in [0.717, 1.165) is 38.9 Å². The zero-order chi connectivity index (χ0) is 10.6. The van der Waals surface area contributed by atoms with Gasteiger partial charge in [0, 0.05) is 31.1 Å². The molecule has 2 heterocycles. The Hall–Kier alpha value is -0.930. The first-order chi connectivity index (χ1) is 7.29. The quantitative estimate of drug-likeness (QED) is 0.798. The molecule has 2 rings (SSSR count). The van der Waals surface area contributed by atoms with Crippen molar-refractivity contribution < 1.29 is 4.74 Å². The fourth-order valence-electron chi connectivity index (χ4n) is 2.11. The lowest BCUT2D eigenvalue weighted by molar-refractivity contribution is 0.139. The van der Waals surface area contributed by atoms with Crippen LogP contribution in [0, 0.1) is 0 Å². The topological polar surface area (TPSA) is 48.1 Å².